The number of carbonyl (C=O) groups is 1. The van der Waals surface area contributed by atoms with E-state index in [-0.39, 0.29) is 5.91 Å². The van der Waals surface area contributed by atoms with E-state index in [4.69, 9.17) is 9.47 Å². The fraction of sp³-hybridized carbons (Fsp3) is 0.381. The highest BCUT2D eigenvalue weighted by Crippen LogP contribution is 2.31. The van der Waals surface area contributed by atoms with Crippen molar-refractivity contribution in [2.24, 2.45) is 0 Å². The summed E-state index contributed by atoms with van der Waals surface area (Å²) in [6, 6.07) is 13.8. The predicted molar refractivity (Wildman–Crippen MR) is 102 cm³/mol. The van der Waals surface area contributed by atoms with Gasteiger partial charge in [-0.2, -0.15) is 0 Å². The largest absolute Gasteiger partial charge is 0.486 e. The van der Waals surface area contributed by atoms with Crippen molar-refractivity contribution in [3.05, 3.63) is 48.0 Å². The molecule has 1 fully saturated rings. The van der Waals surface area contributed by atoms with Gasteiger partial charge in [0.15, 0.2) is 11.5 Å². The van der Waals surface area contributed by atoms with Crippen molar-refractivity contribution in [1.82, 2.24) is 0 Å². The molecule has 2 aromatic rings. The lowest BCUT2D eigenvalue weighted by Gasteiger charge is -2.29. The van der Waals surface area contributed by atoms with Gasteiger partial charge in [-0.05, 0) is 55.2 Å². The van der Waals surface area contributed by atoms with Gasteiger partial charge in [-0.25, -0.2) is 0 Å². The zero-order valence-electron chi connectivity index (χ0n) is 14.9. The normalized spacial score (nSPS) is 16.2. The number of piperidine rings is 1. The number of ether oxygens (including phenoxy) is 2. The van der Waals surface area contributed by atoms with Gasteiger partial charge in [0.1, 0.15) is 13.2 Å². The van der Waals surface area contributed by atoms with Gasteiger partial charge < -0.3 is 19.7 Å². The van der Waals surface area contributed by atoms with Crippen LogP contribution in [0.15, 0.2) is 42.5 Å². The zero-order chi connectivity index (χ0) is 17.8. The van der Waals surface area contributed by atoms with Gasteiger partial charge in [-0.15, -0.1) is 0 Å². The van der Waals surface area contributed by atoms with Crippen molar-refractivity contribution in [2.45, 2.75) is 25.7 Å². The molecule has 5 nitrogen and oxygen atoms in total. The maximum atomic E-state index is 12.4. The summed E-state index contributed by atoms with van der Waals surface area (Å²) >= 11 is 0. The molecule has 2 aromatic carbocycles. The molecule has 4 rings (SSSR count). The Kier molecular flexibility index (Phi) is 4.95. The highest BCUT2D eigenvalue weighted by atomic mass is 16.6. The number of amides is 1. The van der Waals surface area contributed by atoms with Crippen LogP contribution >= 0.6 is 0 Å². The number of anilines is 2. The van der Waals surface area contributed by atoms with Gasteiger partial charge in [0.25, 0.3) is 0 Å². The fourth-order valence-corrected chi connectivity index (χ4v) is 3.52. The van der Waals surface area contributed by atoms with E-state index in [1.807, 2.05) is 30.3 Å². The molecule has 26 heavy (non-hydrogen) atoms. The molecule has 2 aliphatic heterocycles. The fourth-order valence-electron chi connectivity index (χ4n) is 3.52. The average molecular weight is 352 g/mol. The second-order valence-corrected chi connectivity index (χ2v) is 6.80. The SMILES string of the molecule is O=C(Cc1ccc2c(c1)OCCO2)Nc1cccc(N2CCCCC2)c1. The third-order valence-electron chi connectivity index (χ3n) is 4.82. The van der Waals surface area contributed by atoms with E-state index in [9.17, 15) is 4.79 Å². The lowest BCUT2D eigenvalue weighted by molar-refractivity contribution is -0.115. The Morgan fingerprint density at radius 3 is 2.62 bits per heavy atom. The summed E-state index contributed by atoms with van der Waals surface area (Å²) in [5, 5.41) is 3.01. The molecule has 136 valence electrons. The van der Waals surface area contributed by atoms with E-state index in [1.165, 1.54) is 24.9 Å². The van der Waals surface area contributed by atoms with Crippen LogP contribution in [0.2, 0.25) is 0 Å². The number of carbonyl (C=O) groups excluding carboxylic acids is 1. The van der Waals surface area contributed by atoms with Gasteiger partial charge >= 0.3 is 0 Å². The van der Waals surface area contributed by atoms with Crippen molar-refractivity contribution in [1.29, 1.82) is 0 Å². The molecule has 1 N–H and O–H groups in total. The molecule has 0 aliphatic carbocycles. The van der Waals surface area contributed by atoms with Gasteiger partial charge in [0.2, 0.25) is 5.91 Å². The summed E-state index contributed by atoms with van der Waals surface area (Å²) in [5.74, 6) is 1.43. The molecular weight excluding hydrogens is 328 g/mol. The molecule has 2 aliphatic rings. The molecule has 1 amide bonds. The lowest BCUT2D eigenvalue weighted by Crippen LogP contribution is -2.29. The molecule has 5 heteroatoms. The van der Waals surface area contributed by atoms with Crippen molar-refractivity contribution in [2.75, 3.05) is 36.5 Å². The maximum Gasteiger partial charge on any atom is 0.228 e. The summed E-state index contributed by atoms with van der Waals surface area (Å²) in [7, 11) is 0. The van der Waals surface area contributed by atoms with Crippen LogP contribution < -0.4 is 19.7 Å². The first-order chi connectivity index (χ1) is 12.8. The molecule has 1 saturated heterocycles. The Labute approximate surface area is 153 Å². The molecular formula is C21H24N2O3. The first-order valence-corrected chi connectivity index (χ1v) is 9.31. The van der Waals surface area contributed by atoms with Crippen LogP contribution in [0, 0.1) is 0 Å². The topological polar surface area (TPSA) is 50.8 Å². The van der Waals surface area contributed by atoms with E-state index in [1.54, 1.807) is 0 Å². The van der Waals surface area contributed by atoms with Crippen LogP contribution in [0.3, 0.4) is 0 Å². The molecule has 0 aromatic heterocycles. The van der Waals surface area contributed by atoms with Gasteiger partial charge in [0, 0.05) is 24.5 Å². The third kappa shape index (κ3) is 3.93. The van der Waals surface area contributed by atoms with E-state index in [0.717, 1.165) is 30.1 Å². The zero-order valence-corrected chi connectivity index (χ0v) is 14.9. The Hall–Kier alpha value is -2.69. The van der Waals surface area contributed by atoms with Crippen molar-refractivity contribution >= 4 is 17.3 Å². The van der Waals surface area contributed by atoms with E-state index >= 15 is 0 Å². The highest BCUT2D eigenvalue weighted by Gasteiger charge is 2.14. The van der Waals surface area contributed by atoms with Gasteiger partial charge in [-0.1, -0.05) is 12.1 Å². The highest BCUT2D eigenvalue weighted by molar-refractivity contribution is 5.92. The minimum Gasteiger partial charge on any atom is -0.486 e. The van der Waals surface area contributed by atoms with E-state index in [2.05, 4.69) is 22.3 Å². The summed E-state index contributed by atoms with van der Waals surface area (Å²) in [5.41, 5.74) is 2.94. The Morgan fingerprint density at radius 1 is 0.962 bits per heavy atom. The number of hydrogen-bond donors (Lipinski definition) is 1. The molecule has 0 atom stereocenters. The number of benzene rings is 2. The van der Waals surface area contributed by atoms with Crippen LogP contribution in [0.25, 0.3) is 0 Å². The average Bonchev–Trinajstić information content (AvgIpc) is 2.69. The first-order valence-electron chi connectivity index (χ1n) is 9.31. The molecule has 0 saturated carbocycles. The van der Waals surface area contributed by atoms with Crippen LogP contribution in [0.5, 0.6) is 11.5 Å². The number of hydrogen-bond acceptors (Lipinski definition) is 4. The van der Waals surface area contributed by atoms with Crippen LogP contribution in [0.4, 0.5) is 11.4 Å². The van der Waals surface area contributed by atoms with Crippen LogP contribution in [-0.4, -0.2) is 32.2 Å². The molecule has 0 spiro atoms. The minimum absolute atomic E-state index is 0.0301. The summed E-state index contributed by atoms with van der Waals surface area (Å²) < 4.78 is 11.1. The molecule has 0 bridgehead atoms. The lowest BCUT2D eigenvalue weighted by atomic mass is 10.1. The number of fused-ring (bicyclic) bond motifs is 1. The first kappa shape index (κ1) is 16.8. The number of nitrogens with zero attached hydrogens (tertiary/aromatic N) is 1. The molecule has 0 unspecified atom stereocenters. The smallest absolute Gasteiger partial charge is 0.228 e. The van der Waals surface area contributed by atoms with Crippen molar-refractivity contribution < 1.29 is 14.3 Å². The number of nitrogens with one attached hydrogen (secondary N) is 1. The second-order valence-electron chi connectivity index (χ2n) is 6.80. The standard InChI is InChI=1S/C21H24N2O3/c24-21(14-16-7-8-19-20(13-16)26-12-11-25-19)22-17-5-4-6-18(15-17)23-9-2-1-3-10-23/h4-8,13,15H,1-3,9-12,14H2,(H,22,24). The molecule has 0 radical (unpaired) electrons. The van der Waals surface area contributed by atoms with E-state index < -0.39 is 0 Å². The quantitative estimate of drug-likeness (QED) is 0.913. The monoisotopic (exact) mass is 352 g/mol. The molecule has 2 heterocycles. The van der Waals surface area contributed by atoms with Gasteiger partial charge in [0.05, 0.1) is 6.42 Å². The maximum absolute atomic E-state index is 12.4. The minimum atomic E-state index is -0.0301. The summed E-state index contributed by atoms with van der Waals surface area (Å²) in [6.45, 7) is 3.30. The summed E-state index contributed by atoms with van der Waals surface area (Å²) in [6.07, 6.45) is 4.09. The van der Waals surface area contributed by atoms with Crippen LogP contribution in [0.1, 0.15) is 24.8 Å². The third-order valence-corrected chi connectivity index (χ3v) is 4.82. The number of rotatable bonds is 4. The van der Waals surface area contributed by atoms with Crippen LogP contribution in [-0.2, 0) is 11.2 Å². The van der Waals surface area contributed by atoms with Crippen molar-refractivity contribution in [3.63, 3.8) is 0 Å². The Balaban J connectivity index is 1.40. The van der Waals surface area contributed by atoms with E-state index in [0.29, 0.717) is 25.4 Å². The van der Waals surface area contributed by atoms with Crippen molar-refractivity contribution in [3.8, 4) is 11.5 Å². The predicted octanol–water partition coefficient (Wildman–Crippen LogP) is 3.63. The Morgan fingerprint density at radius 2 is 1.77 bits per heavy atom. The summed E-state index contributed by atoms with van der Waals surface area (Å²) in [4.78, 5) is 14.8. The Bertz CT molecular complexity index is 785. The van der Waals surface area contributed by atoms with Gasteiger partial charge in [-0.3, -0.25) is 4.79 Å². The second kappa shape index (κ2) is 7.68.